The molecule has 0 aliphatic carbocycles. The number of rotatable bonds is 5. The first-order valence-electron chi connectivity index (χ1n) is 8.46. The van der Waals surface area contributed by atoms with E-state index in [1.807, 2.05) is 25.4 Å². The van der Waals surface area contributed by atoms with Crippen molar-refractivity contribution in [3.63, 3.8) is 0 Å². The fraction of sp³-hybridized carbons (Fsp3) is 0.190. The van der Waals surface area contributed by atoms with Gasteiger partial charge in [0.2, 0.25) is 5.75 Å². The summed E-state index contributed by atoms with van der Waals surface area (Å²) in [5.74, 6) is 1.68. The van der Waals surface area contributed by atoms with Crippen LogP contribution in [0.1, 0.15) is 0 Å². The standard InChI is InChI=1S/C21H20N2O4/c1-23-8-7-14-9-13(5-6-17(14)23)16-12-27-22-20(16)15-10-18(24-2)21(26-4)19(11-15)25-3/h5-12H,1-4H3. The van der Waals surface area contributed by atoms with Crippen LogP contribution in [-0.4, -0.2) is 31.1 Å². The largest absolute Gasteiger partial charge is 0.493 e. The Labute approximate surface area is 156 Å². The minimum Gasteiger partial charge on any atom is -0.493 e. The molecule has 4 aromatic rings. The smallest absolute Gasteiger partial charge is 0.203 e. The molecule has 0 bridgehead atoms. The normalized spacial score (nSPS) is 11.0. The zero-order valence-electron chi connectivity index (χ0n) is 15.6. The number of nitrogens with zero attached hydrogens (tertiary/aromatic N) is 2. The van der Waals surface area contributed by atoms with Gasteiger partial charge in [-0.15, -0.1) is 0 Å². The van der Waals surface area contributed by atoms with Crippen LogP contribution < -0.4 is 14.2 Å². The average Bonchev–Trinajstić information content (AvgIpc) is 3.33. The van der Waals surface area contributed by atoms with Crippen LogP contribution in [0.5, 0.6) is 17.2 Å². The van der Waals surface area contributed by atoms with E-state index < -0.39 is 0 Å². The summed E-state index contributed by atoms with van der Waals surface area (Å²) in [6, 6.07) is 12.1. The Hall–Kier alpha value is -3.41. The number of hydrogen-bond acceptors (Lipinski definition) is 5. The van der Waals surface area contributed by atoms with Gasteiger partial charge in [-0.3, -0.25) is 0 Å². The van der Waals surface area contributed by atoms with Crippen LogP contribution in [0.2, 0.25) is 0 Å². The summed E-state index contributed by atoms with van der Waals surface area (Å²) in [5, 5.41) is 5.38. The first kappa shape index (κ1) is 17.0. The van der Waals surface area contributed by atoms with Crippen molar-refractivity contribution < 1.29 is 18.7 Å². The van der Waals surface area contributed by atoms with E-state index in [1.54, 1.807) is 27.6 Å². The molecular formula is C21H20N2O4. The molecule has 0 amide bonds. The van der Waals surface area contributed by atoms with Crippen molar-refractivity contribution in [3.8, 4) is 39.6 Å². The van der Waals surface area contributed by atoms with Gasteiger partial charge in [0.05, 0.1) is 21.3 Å². The van der Waals surface area contributed by atoms with E-state index >= 15 is 0 Å². The maximum Gasteiger partial charge on any atom is 0.203 e. The molecule has 138 valence electrons. The molecule has 0 unspecified atom stereocenters. The maximum atomic E-state index is 5.46. The Bertz CT molecular complexity index is 1090. The molecule has 0 aliphatic heterocycles. The predicted octanol–water partition coefficient (Wildman–Crippen LogP) is 4.53. The molecule has 0 spiro atoms. The van der Waals surface area contributed by atoms with Gasteiger partial charge in [-0.05, 0) is 35.9 Å². The highest BCUT2D eigenvalue weighted by atomic mass is 16.5. The summed E-state index contributed by atoms with van der Waals surface area (Å²) in [4.78, 5) is 0. The Morgan fingerprint density at radius 3 is 2.30 bits per heavy atom. The van der Waals surface area contributed by atoms with Crippen molar-refractivity contribution in [3.05, 3.63) is 48.9 Å². The zero-order valence-corrected chi connectivity index (χ0v) is 15.6. The van der Waals surface area contributed by atoms with Crippen molar-refractivity contribution in [2.24, 2.45) is 7.05 Å². The Morgan fingerprint density at radius 1 is 0.889 bits per heavy atom. The van der Waals surface area contributed by atoms with Crippen LogP contribution in [0, 0.1) is 0 Å². The lowest BCUT2D eigenvalue weighted by Crippen LogP contribution is -1.96. The molecule has 6 heteroatoms. The summed E-state index contributed by atoms with van der Waals surface area (Å²) in [6.07, 6.45) is 3.70. The van der Waals surface area contributed by atoms with Crippen LogP contribution in [0.4, 0.5) is 0 Å². The Balaban J connectivity index is 1.86. The molecule has 6 nitrogen and oxygen atoms in total. The SMILES string of the molecule is COc1cc(-c2nocc2-c2ccc3c(ccn3C)c2)cc(OC)c1OC. The fourth-order valence-electron chi connectivity index (χ4n) is 3.32. The molecule has 0 N–H and O–H groups in total. The van der Waals surface area contributed by atoms with Crippen molar-refractivity contribution in [1.82, 2.24) is 9.72 Å². The van der Waals surface area contributed by atoms with Crippen LogP contribution in [0.15, 0.2) is 53.4 Å². The predicted molar refractivity (Wildman–Crippen MR) is 104 cm³/mol. The van der Waals surface area contributed by atoms with E-state index in [9.17, 15) is 0 Å². The molecule has 0 aliphatic rings. The second-order valence-corrected chi connectivity index (χ2v) is 6.19. The van der Waals surface area contributed by atoms with Crippen molar-refractivity contribution in [2.45, 2.75) is 0 Å². The topological polar surface area (TPSA) is 58.7 Å². The molecule has 27 heavy (non-hydrogen) atoms. The van der Waals surface area contributed by atoms with E-state index in [2.05, 4.69) is 34.0 Å². The van der Waals surface area contributed by atoms with Crippen LogP contribution in [0.25, 0.3) is 33.3 Å². The first-order chi connectivity index (χ1) is 13.2. The van der Waals surface area contributed by atoms with E-state index in [-0.39, 0.29) is 0 Å². The minimum atomic E-state index is 0.541. The van der Waals surface area contributed by atoms with E-state index in [0.717, 1.165) is 22.1 Å². The molecule has 2 heterocycles. The van der Waals surface area contributed by atoms with Gasteiger partial charge in [-0.1, -0.05) is 11.2 Å². The molecule has 0 saturated carbocycles. The summed E-state index contributed by atoms with van der Waals surface area (Å²) < 4.78 is 23.7. The lowest BCUT2D eigenvalue weighted by molar-refractivity contribution is 0.324. The highest BCUT2D eigenvalue weighted by Gasteiger charge is 2.19. The molecule has 0 saturated heterocycles. The monoisotopic (exact) mass is 364 g/mol. The lowest BCUT2D eigenvalue weighted by Gasteiger charge is -2.13. The van der Waals surface area contributed by atoms with Crippen molar-refractivity contribution >= 4 is 10.9 Å². The van der Waals surface area contributed by atoms with Crippen molar-refractivity contribution in [1.29, 1.82) is 0 Å². The third-order valence-corrected chi connectivity index (χ3v) is 4.70. The van der Waals surface area contributed by atoms with Gasteiger partial charge in [0.1, 0.15) is 12.0 Å². The molecule has 4 rings (SSSR count). The summed E-state index contributed by atoms with van der Waals surface area (Å²) in [7, 11) is 6.79. The number of hydrogen-bond donors (Lipinski definition) is 0. The summed E-state index contributed by atoms with van der Waals surface area (Å²) in [5.41, 5.74) is 4.63. The Kier molecular flexibility index (Phi) is 4.24. The van der Waals surface area contributed by atoms with Gasteiger partial charge in [0, 0.05) is 35.3 Å². The zero-order chi connectivity index (χ0) is 19.0. The average molecular weight is 364 g/mol. The lowest BCUT2D eigenvalue weighted by atomic mass is 10.00. The summed E-state index contributed by atoms with van der Waals surface area (Å²) >= 11 is 0. The highest BCUT2D eigenvalue weighted by Crippen LogP contribution is 2.43. The molecule has 0 radical (unpaired) electrons. The second kappa shape index (κ2) is 6.72. The van der Waals surface area contributed by atoms with Gasteiger partial charge >= 0.3 is 0 Å². The van der Waals surface area contributed by atoms with Gasteiger partial charge in [-0.2, -0.15) is 0 Å². The molecule has 0 atom stereocenters. The van der Waals surface area contributed by atoms with Gasteiger partial charge in [0.15, 0.2) is 11.5 Å². The van der Waals surface area contributed by atoms with Crippen LogP contribution >= 0.6 is 0 Å². The molecule has 2 aromatic heterocycles. The number of methoxy groups -OCH3 is 3. The fourth-order valence-corrected chi connectivity index (χ4v) is 3.32. The first-order valence-corrected chi connectivity index (χ1v) is 8.46. The third-order valence-electron chi connectivity index (χ3n) is 4.70. The van der Waals surface area contributed by atoms with Gasteiger partial charge < -0.3 is 23.3 Å². The third kappa shape index (κ3) is 2.79. The number of aromatic nitrogens is 2. The Morgan fingerprint density at radius 2 is 1.63 bits per heavy atom. The van der Waals surface area contributed by atoms with Crippen molar-refractivity contribution in [2.75, 3.05) is 21.3 Å². The molecule has 0 fully saturated rings. The van der Waals surface area contributed by atoms with E-state index in [4.69, 9.17) is 18.7 Å². The van der Waals surface area contributed by atoms with Crippen LogP contribution in [-0.2, 0) is 7.05 Å². The second-order valence-electron chi connectivity index (χ2n) is 6.19. The van der Waals surface area contributed by atoms with E-state index in [1.165, 1.54) is 5.52 Å². The quantitative estimate of drug-likeness (QED) is 0.521. The van der Waals surface area contributed by atoms with Crippen LogP contribution in [0.3, 0.4) is 0 Å². The van der Waals surface area contributed by atoms with Gasteiger partial charge in [-0.25, -0.2) is 0 Å². The number of ether oxygens (including phenoxy) is 3. The van der Waals surface area contributed by atoms with Gasteiger partial charge in [0.25, 0.3) is 0 Å². The summed E-state index contributed by atoms with van der Waals surface area (Å²) in [6.45, 7) is 0. The highest BCUT2D eigenvalue weighted by molar-refractivity contribution is 5.89. The number of fused-ring (bicyclic) bond motifs is 1. The number of benzene rings is 2. The maximum absolute atomic E-state index is 5.46. The molecular weight excluding hydrogens is 344 g/mol. The number of aryl methyl sites for hydroxylation is 1. The molecule has 2 aromatic carbocycles. The minimum absolute atomic E-state index is 0.541. The van der Waals surface area contributed by atoms with E-state index in [0.29, 0.717) is 22.9 Å².